The highest BCUT2D eigenvalue weighted by atomic mass is 16.5. The number of hydrogen-bond acceptors (Lipinski definition) is 5. The van der Waals surface area contributed by atoms with Gasteiger partial charge in [-0.2, -0.15) is 0 Å². The maximum atomic E-state index is 6.33. The minimum atomic E-state index is 0.325. The number of aromatic amines is 1. The van der Waals surface area contributed by atoms with Crippen molar-refractivity contribution in [2.24, 2.45) is 11.8 Å². The van der Waals surface area contributed by atoms with E-state index >= 15 is 0 Å². The lowest BCUT2D eigenvalue weighted by Crippen LogP contribution is -2.19. The van der Waals surface area contributed by atoms with Gasteiger partial charge in [0.05, 0.1) is 17.8 Å². The summed E-state index contributed by atoms with van der Waals surface area (Å²) in [6.07, 6.45) is 10.9. The van der Waals surface area contributed by atoms with E-state index < -0.39 is 0 Å². The standard InChI is InChI=1S/C21H29N5O2/c1-2-15-11-16(28-10-6-14-4-8-27-9-5-14)12-17(15)21-25-24-19-13-23-20-18(26(19)21)3-7-22-20/h3,7,13-17,22H,2,4-6,8-12H2,1H3. The first-order valence-corrected chi connectivity index (χ1v) is 10.7. The van der Waals surface area contributed by atoms with Crippen LogP contribution >= 0.6 is 0 Å². The van der Waals surface area contributed by atoms with Gasteiger partial charge < -0.3 is 14.5 Å². The van der Waals surface area contributed by atoms with E-state index in [1.54, 1.807) is 6.20 Å². The van der Waals surface area contributed by atoms with E-state index in [-0.39, 0.29) is 0 Å². The molecule has 7 nitrogen and oxygen atoms in total. The molecule has 0 amide bonds. The van der Waals surface area contributed by atoms with Crippen LogP contribution in [0.1, 0.15) is 57.2 Å². The predicted molar refractivity (Wildman–Crippen MR) is 106 cm³/mol. The van der Waals surface area contributed by atoms with Crippen molar-refractivity contribution in [1.82, 2.24) is 24.6 Å². The van der Waals surface area contributed by atoms with Crippen LogP contribution in [0.15, 0.2) is 18.5 Å². The maximum absolute atomic E-state index is 6.33. The topological polar surface area (TPSA) is 77.3 Å². The lowest BCUT2D eigenvalue weighted by atomic mass is 9.93. The van der Waals surface area contributed by atoms with Crippen LogP contribution in [0.2, 0.25) is 0 Å². The van der Waals surface area contributed by atoms with Crippen LogP contribution in [0.4, 0.5) is 0 Å². The van der Waals surface area contributed by atoms with E-state index in [0.29, 0.717) is 17.9 Å². The molecule has 1 saturated heterocycles. The van der Waals surface area contributed by atoms with Crippen molar-refractivity contribution >= 4 is 16.8 Å². The summed E-state index contributed by atoms with van der Waals surface area (Å²) >= 11 is 0. The summed E-state index contributed by atoms with van der Waals surface area (Å²) in [5, 5.41) is 8.98. The van der Waals surface area contributed by atoms with Crippen LogP contribution in [-0.4, -0.2) is 50.5 Å². The molecular weight excluding hydrogens is 354 g/mol. The highest BCUT2D eigenvalue weighted by Gasteiger charge is 2.37. The zero-order valence-corrected chi connectivity index (χ0v) is 16.5. The number of nitrogens with zero attached hydrogens (tertiary/aromatic N) is 4. The molecule has 150 valence electrons. The number of nitrogens with one attached hydrogen (secondary N) is 1. The predicted octanol–water partition coefficient (Wildman–Crippen LogP) is 3.71. The second-order valence-electron chi connectivity index (χ2n) is 8.30. The number of H-pyrrole nitrogens is 1. The van der Waals surface area contributed by atoms with Crippen molar-refractivity contribution < 1.29 is 9.47 Å². The molecule has 3 atom stereocenters. The Kier molecular flexibility index (Phi) is 5.03. The first-order chi connectivity index (χ1) is 13.8. The van der Waals surface area contributed by atoms with E-state index in [0.717, 1.165) is 74.1 Å². The maximum Gasteiger partial charge on any atom is 0.179 e. The Labute approximate surface area is 164 Å². The number of fused-ring (bicyclic) bond motifs is 3. The Bertz CT molecular complexity index is 929. The minimum absolute atomic E-state index is 0.325. The normalized spacial score (nSPS) is 26.5. The zero-order chi connectivity index (χ0) is 18.9. The Morgan fingerprint density at radius 3 is 3.00 bits per heavy atom. The third-order valence-corrected chi connectivity index (χ3v) is 6.70. The summed E-state index contributed by atoms with van der Waals surface area (Å²) in [6, 6.07) is 2.06. The molecular formula is C21H29N5O2. The van der Waals surface area contributed by atoms with Gasteiger partial charge in [0.1, 0.15) is 5.82 Å². The molecule has 5 rings (SSSR count). The van der Waals surface area contributed by atoms with Crippen molar-refractivity contribution in [1.29, 1.82) is 0 Å². The molecule has 1 aliphatic carbocycles. The number of rotatable bonds is 6. The largest absolute Gasteiger partial charge is 0.381 e. The van der Waals surface area contributed by atoms with Crippen molar-refractivity contribution in [3.8, 4) is 0 Å². The average Bonchev–Trinajstić information content (AvgIpc) is 3.45. The first kappa shape index (κ1) is 18.1. The van der Waals surface area contributed by atoms with E-state index in [2.05, 4.69) is 37.6 Å². The molecule has 4 heterocycles. The lowest BCUT2D eigenvalue weighted by Gasteiger charge is -2.22. The third kappa shape index (κ3) is 3.31. The average molecular weight is 383 g/mol. The molecule has 2 fully saturated rings. The van der Waals surface area contributed by atoms with Crippen LogP contribution in [0, 0.1) is 11.8 Å². The number of hydrogen-bond donors (Lipinski definition) is 1. The second kappa shape index (κ2) is 7.79. The lowest BCUT2D eigenvalue weighted by molar-refractivity contribution is 0.0222. The van der Waals surface area contributed by atoms with Gasteiger partial charge in [-0.25, -0.2) is 4.98 Å². The Morgan fingerprint density at radius 1 is 1.25 bits per heavy atom. The van der Waals surface area contributed by atoms with E-state index in [1.807, 2.05) is 6.20 Å². The number of ether oxygens (including phenoxy) is 2. The van der Waals surface area contributed by atoms with Crippen LogP contribution in [-0.2, 0) is 9.47 Å². The summed E-state index contributed by atoms with van der Waals surface area (Å²) < 4.78 is 14.0. The Morgan fingerprint density at radius 2 is 2.14 bits per heavy atom. The summed E-state index contributed by atoms with van der Waals surface area (Å²) in [4.78, 5) is 7.63. The van der Waals surface area contributed by atoms with Crippen LogP contribution in [0.5, 0.6) is 0 Å². The molecule has 3 aromatic rings. The number of aromatic nitrogens is 5. The Hall–Kier alpha value is -1.99. The second-order valence-corrected chi connectivity index (χ2v) is 8.30. The molecule has 0 spiro atoms. The fourth-order valence-corrected chi connectivity index (χ4v) is 5.05. The van der Waals surface area contributed by atoms with Crippen LogP contribution in [0.3, 0.4) is 0 Å². The van der Waals surface area contributed by atoms with E-state index in [9.17, 15) is 0 Å². The molecule has 0 bridgehead atoms. The smallest absolute Gasteiger partial charge is 0.179 e. The van der Waals surface area contributed by atoms with Crippen LogP contribution < -0.4 is 0 Å². The highest BCUT2D eigenvalue weighted by Crippen LogP contribution is 2.42. The van der Waals surface area contributed by atoms with Gasteiger partial charge in [0, 0.05) is 31.9 Å². The summed E-state index contributed by atoms with van der Waals surface area (Å²) in [5.41, 5.74) is 2.75. The van der Waals surface area contributed by atoms with Gasteiger partial charge in [0.2, 0.25) is 0 Å². The van der Waals surface area contributed by atoms with Gasteiger partial charge in [-0.3, -0.25) is 4.40 Å². The summed E-state index contributed by atoms with van der Waals surface area (Å²) in [6.45, 7) is 4.97. The SMILES string of the molecule is CCC1CC(OCCC2CCOCC2)CC1c1nnc2cnc3[nH]ccc3n12. The molecule has 2 aliphatic rings. The quantitative estimate of drug-likeness (QED) is 0.702. The minimum Gasteiger partial charge on any atom is -0.381 e. The van der Waals surface area contributed by atoms with Gasteiger partial charge in [0.25, 0.3) is 0 Å². The molecule has 3 aromatic heterocycles. The molecule has 28 heavy (non-hydrogen) atoms. The molecule has 1 saturated carbocycles. The van der Waals surface area contributed by atoms with Gasteiger partial charge >= 0.3 is 0 Å². The van der Waals surface area contributed by atoms with Crippen molar-refractivity contribution in [3.63, 3.8) is 0 Å². The molecule has 1 aliphatic heterocycles. The highest BCUT2D eigenvalue weighted by molar-refractivity contribution is 5.74. The van der Waals surface area contributed by atoms with Crippen LogP contribution in [0.25, 0.3) is 16.8 Å². The monoisotopic (exact) mass is 383 g/mol. The fraction of sp³-hybridized carbons (Fsp3) is 0.667. The molecule has 3 unspecified atom stereocenters. The fourth-order valence-electron chi connectivity index (χ4n) is 5.05. The summed E-state index contributed by atoms with van der Waals surface area (Å²) in [7, 11) is 0. The van der Waals surface area contributed by atoms with Gasteiger partial charge in [-0.1, -0.05) is 13.3 Å². The van der Waals surface area contributed by atoms with Crippen molar-refractivity contribution in [2.45, 2.75) is 57.5 Å². The molecule has 1 N–H and O–H groups in total. The molecule has 7 heteroatoms. The van der Waals surface area contributed by atoms with E-state index in [4.69, 9.17) is 9.47 Å². The van der Waals surface area contributed by atoms with E-state index in [1.165, 1.54) is 12.8 Å². The van der Waals surface area contributed by atoms with Crippen molar-refractivity contribution in [2.75, 3.05) is 19.8 Å². The van der Waals surface area contributed by atoms with Crippen molar-refractivity contribution in [3.05, 3.63) is 24.3 Å². The van der Waals surface area contributed by atoms with Gasteiger partial charge in [0.15, 0.2) is 11.3 Å². The van der Waals surface area contributed by atoms with Gasteiger partial charge in [-0.05, 0) is 50.0 Å². The Balaban J connectivity index is 1.31. The molecule has 0 radical (unpaired) electrons. The first-order valence-electron chi connectivity index (χ1n) is 10.7. The van der Waals surface area contributed by atoms with Gasteiger partial charge in [-0.15, -0.1) is 10.2 Å². The summed E-state index contributed by atoms with van der Waals surface area (Å²) in [5.74, 6) is 2.79. The third-order valence-electron chi connectivity index (χ3n) is 6.70. The zero-order valence-electron chi connectivity index (χ0n) is 16.5. The molecule has 0 aromatic carbocycles.